The van der Waals surface area contributed by atoms with Gasteiger partial charge in [0.15, 0.2) is 6.61 Å². The largest absolute Gasteiger partial charge is 0.452 e. The first-order chi connectivity index (χ1) is 13.7. The smallest absolute Gasteiger partial charge is 0.339 e. The predicted octanol–water partition coefficient (Wildman–Crippen LogP) is 3.62. The van der Waals surface area contributed by atoms with E-state index in [1.54, 1.807) is 0 Å². The minimum absolute atomic E-state index is 0.0296. The number of hydrogen-bond acceptors (Lipinski definition) is 6. The third-order valence-corrected chi connectivity index (χ3v) is 4.31. The topological polar surface area (TPSA) is 114 Å². The molecule has 0 aliphatic heterocycles. The summed E-state index contributed by atoms with van der Waals surface area (Å²) in [5.41, 5.74) is 2.53. The molecular formula is C21H21N3O5. The van der Waals surface area contributed by atoms with E-state index in [9.17, 15) is 19.7 Å². The predicted molar refractivity (Wildman–Crippen MR) is 107 cm³/mol. The number of nitro groups is 1. The van der Waals surface area contributed by atoms with E-state index in [1.165, 1.54) is 30.0 Å². The number of anilines is 1. The van der Waals surface area contributed by atoms with Crippen molar-refractivity contribution < 1.29 is 19.2 Å². The summed E-state index contributed by atoms with van der Waals surface area (Å²) in [4.78, 5) is 36.9. The van der Waals surface area contributed by atoms with Gasteiger partial charge in [-0.15, -0.1) is 0 Å². The van der Waals surface area contributed by atoms with Crippen LogP contribution in [0.25, 0.3) is 0 Å². The van der Waals surface area contributed by atoms with E-state index >= 15 is 0 Å². The molecule has 1 amide bonds. The Hall–Kier alpha value is -3.73. The lowest BCUT2D eigenvalue weighted by molar-refractivity contribution is -0.385. The molecule has 8 heteroatoms. The molecule has 0 atom stereocenters. The van der Waals surface area contributed by atoms with Crippen molar-refractivity contribution in [2.24, 2.45) is 0 Å². The number of carbonyl (C=O) groups excluding carboxylic acids is 2. The number of ether oxygens (including phenoxy) is 1. The van der Waals surface area contributed by atoms with Crippen LogP contribution in [0.1, 0.15) is 33.5 Å². The van der Waals surface area contributed by atoms with E-state index in [4.69, 9.17) is 10.00 Å². The van der Waals surface area contributed by atoms with Crippen LogP contribution in [-0.4, -0.2) is 30.0 Å². The summed E-state index contributed by atoms with van der Waals surface area (Å²) in [5, 5.41) is 19.9. The molecule has 0 radical (unpaired) electrons. The summed E-state index contributed by atoms with van der Waals surface area (Å²) in [6, 6.07) is 11.7. The van der Waals surface area contributed by atoms with Crippen LogP contribution < -0.4 is 4.90 Å². The average Bonchev–Trinajstić information content (AvgIpc) is 2.65. The zero-order valence-electron chi connectivity index (χ0n) is 16.5. The molecule has 0 saturated carbocycles. The van der Waals surface area contributed by atoms with Crippen LogP contribution in [0, 0.1) is 42.2 Å². The molecule has 2 rings (SSSR count). The van der Waals surface area contributed by atoms with E-state index in [-0.39, 0.29) is 29.8 Å². The van der Waals surface area contributed by atoms with E-state index < -0.39 is 23.4 Å². The molecule has 0 spiro atoms. The first-order valence-electron chi connectivity index (χ1n) is 8.91. The number of hydrogen-bond donors (Lipinski definition) is 0. The number of amides is 1. The Balaban J connectivity index is 2.18. The monoisotopic (exact) mass is 395 g/mol. The second-order valence-corrected chi connectivity index (χ2v) is 6.58. The van der Waals surface area contributed by atoms with Gasteiger partial charge in [0.05, 0.1) is 23.0 Å². The van der Waals surface area contributed by atoms with Crippen molar-refractivity contribution in [1.82, 2.24) is 0 Å². The molecule has 29 heavy (non-hydrogen) atoms. The van der Waals surface area contributed by atoms with Crippen molar-refractivity contribution in [3.05, 3.63) is 68.8 Å². The van der Waals surface area contributed by atoms with Crippen LogP contribution in [0.5, 0.6) is 0 Å². The Bertz CT molecular complexity index is 974. The van der Waals surface area contributed by atoms with E-state index in [2.05, 4.69) is 0 Å². The Morgan fingerprint density at radius 2 is 1.83 bits per heavy atom. The highest BCUT2D eigenvalue weighted by Gasteiger charge is 2.22. The standard InChI is InChI=1S/C21H21N3O5/c1-14-10-15(2)12-17(11-14)23(9-5-8-22)20(25)13-29-21(26)18-6-4-7-19(16(18)3)24(27)28/h4,6-7,10-12H,5,9,13H2,1-3H3. The van der Waals surface area contributed by atoms with Gasteiger partial charge in [-0.3, -0.25) is 14.9 Å². The summed E-state index contributed by atoms with van der Waals surface area (Å²) in [6.07, 6.45) is 0.122. The van der Waals surface area contributed by atoms with Gasteiger partial charge in [0, 0.05) is 23.9 Å². The molecular weight excluding hydrogens is 374 g/mol. The summed E-state index contributed by atoms with van der Waals surface area (Å²) in [7, 11) is 0. The average molecular weight is 395 g/mol. The van der Waals surface area contributed by atoms with Crippen molar-refractivity contribution in [1.29, 1.82) is 5.26 Å². The van der Waals surface area contributed by atoms with Crippen molar-refractivity contribution in [2.45, 2.75) is 27.2 Å². The third-order valence-electron chi connectivity index (χ3n) is 4.31. The molecule has 2 aromatic carbocycles. The van der Waals surface area contributed by atoms with Crippen molar-refractivity contribution in [2.75, 3.05) is 18.1 Å². The van der Waals surface area contributed by atoms with Gasteiger partial charge in [0.2, 0.25) is 0 Å². The van der Waals surface area contributed by atoms with Gasteiger partial charge in [0.25, 0.3) is 11.6 Å². The fourth-order valence-corrected chi connectivity index (χ4v) is 2.99. The molecule has 8 nitrogen and oxygen atoms in total. The molecule has 0 unspecified atom stereocenters. The molecule has 2 aromatic rings. The number of rotatable bonds is 7. The molecule has 0 N–H and O–H groups in total. The highest BCUT2D eigenvalue weighted by atomic mass is 16.6. The van der Waals surface area contributed by atoms with E-state index in [0.717, 1.165) is 11.1 Å². The highest BCUT2D eigenvalue weighted by molar-refractivity contribution is 5.98. The summed E-state index contributed by atoms with van der Waals surface area (Å²) in [5.74, 6) is -1.30. The number of nitriles is 1. The SMILES string of the molecule is Cc1cc(C)cc(N(CCC#N)C(=O)COC(=O)c2cccc([N+](=O)[O-])c2C)c1. The van der Waals surface area contributed by atoms with E-state index in [0.29, 0.717) is 5.69 Å². The molecule has 0 saturated heterocycles. The van der Waals surface area contributed by atoms with Crippen molar-refractivity contribution >= 4 is 23.3 Å². The first-order valence-corrected chi connectivity index (χ1v) is 8.91. The minimum Gasteiger partial charge on any atom is -0.452 e. The number of benzene rings is 2. The van der Waals surface area contributed by atoms with Crippen LogP contribution in [0.3, 0.4) is 0 Å². The lowest BCUT2D eigenvalue weighted by Crippen LogP contribution is -2.35. The number of nitrogens with zero attached hydrogens (tertiary/aromatic N) is 3. The maximum Gasteiger partial charge on any atom is 0.339 e. The van der Waals surface area contributed by atoms with Crippen LogP contribution in [0.4, 0.5) is 11.4 Å². The maximum absolute atomic E-state index is 12.7. The second-order valence-electron chi connectivity index (χ2n) is 6.58. The summed E-state index contributed by atoms with van der Waals surface area (Å²) < 4.78 is 5.11. The van der Waals surface area contributed by atoms with Gasteiger partial charge in [-0.1, -0.05) is 12.1 Å². The zero-order valence-corrected chi connectivity index (χ0v) is 16.5. The van der Waals surface area contributed by atoms with Gasteiger partial charge < -0.3 is 9.64 Å². The molecule has 0 aromatic heterocycles. The maximum atomic E-state index is 12.7. The molecule has 150 valence electrons. The Labute approximate surface area is 168 Å². The summed E-state index contributed by atoms with van der Waals surface area (Å²) in [6.45, 7) is 4.86. The quantitative estimate of drug-likeness (QED) is 0.402. The lowest BCUT2D eigenvalue weighted by Gasteiger charge is -2.22. The number of nitro benzene ring substituents is 1. The number of aryl methyl sites for hydroxylation is 2. The van der Waals surface area contributed by atoms with Gasteiger partial charge >= 0.3 is 5.97 Å². The first kappa shape index (κ1) is 21.6. The molecule has 0 fully saturated rings. The lowest BCUT2D eigenvalue weighted by atomic mass is 10.1. The van der Waals surface area contributed by atoms with Crippen LogP contribution in [0.2, 0.25) is 0 Å². The minimum atomic E-state index is -0.819. The molecule has 0 aliphatic rings. The van der Waals surface area contributed by atoms with Crippen LogP contribution in [0.15, 0.2) is 36.4 Å². The normalized spacial score (nSPS) is 10.1. The summed E-state index contributed by atoms with van der Waals surface area (Å²) >= 11 is 0. The molecule has 0 aliphatic carbocycles. The fraction of sp³-hybridized carbons (Fsp3) is 0.286. The van der Waals surface area contributed by atoms with Gasteiger partial charge in [-0.05, 0) is 50.1 Å². The Kier molecular flexibility index (Phi) is 7.04. The van der Waals surface area contributed by atoms with E-state index in [1.807, 2.05) is 38.1 Å². The Morgan fingerprint density at radius 3 is 2.41 bits per heavy atom. The van der Waals surface area contributed by atoms with Gasteiger partial charge in [-0.25, -0.2) is 4.79 Å². The highest BCUT2D eigenvalue weighted by Crippen LogP contribution is 2.22. The zero-order chi connectivity index (χ0) is 21.6. The molecule has 0 bridgehead atoms. The van der Waals surface area contributed by atoms with Gasteiger partial charge in [0.1, 0.15) is 0 Å². The van der Waals surface area contributed by atoms with Crippen LogP contribution >= 0.6 is 0 Å². The Morgan fingerprint density at radius 1 is 1.17 bits per heavy atom. The second kappa shape index (κ2) is 9.46. The molecule has 0 heterocycles. The van der Waals surface area contributed by atoms with Crippen molar-refractivity contribution in [3.63, 3.8) is 0 Å². The van der Waals surface area contributed by atoms with Crippen molar-refractivity contribution in [3.8, 4) is 6.07 Å². The number of esters is 1. The van der Waals surface area contributed by atoms with Crippen LogP contribution in [-0.2, 0) is 9.53 Å². The van der Waals surface area contributed by atoms with Gasteiger partial charge in [-0.2, -0.15) is 5.26 Å². The number of carbonyl (C=O) groups is 2. The third kappa shape index (κ3) is 5.39. The fourth-order valence-electron chi connectivity index (χ4n) is 2.99.